The number of carbonyl (C=O) groups is 1. The summed E-state index contributed by atoms with van der Waals surface area (Å²) < 4.78 is 1.74. The summed E-state index contributed by atoms with van der Waals surface area (Å²) in [5, 5.41) is 14.5. The number of aromatic amines is 1. The van der Waals surface area contributed by atoms with Crippen LogP contribution in [0.3, 0.4) is 0 Å². The zero-order valence-electron chi connectivity index (χ0n) is 11.4. The number of nitrogens with one attached hydrogen (secondary N) is 2. The van der Waals surface area contributed by atoms with Crippen LogP contribution in [0.2, 0.25) is 0 Å². The van der Waals surface area contributed by atoms with Crippen LogP contribution in [0.5, 0.6) is 0 Å². The van der Waals surface area contributed by atoms with Gasteiger partial charge in [0.25, 0.3) is 0 Å². The second kappa shape index (κ2) is 4.96. The Morgan fingerprint density at radius 3 is 3.10 bits per heavy atom. The van der Waals surface area contributed by atoms with Gasteiger partial charge in [-0.3, -0.25) is 14.6 Å². The van der Waals surface area contributed by atoms with Gasteiger partial charge in [0.2, 0.25) is 5.91 Å². The molecule has 20 heavy (non-hydrogen) atoms. The predicted octanol–water partition coefficient (Wildman–Crippen LogP) is 1.81. The molecule has 0 saturated carbocycles. The molecule has 2 aromatic heterocycles. The van der Waals surface area contributed by atoms with Gasteiger partial charge in [-0.05, 0) is 31.8 Å². The van der Waals surface area contributed by atoms with Gasteiger partial charge in [0.15, 0.2) is 0 Å². The number of hydrogen-bond donors (Lipinski definition) is 2. The molecule has 6 nitrogen and oxygen atoms in total. The van der Waals surface area contributed by atoms with Gasteiger partial charge in [0.1, 0.15) is 11.4 Å². The molecule has 0 aromatic carbocycles. The third kappa shape index (κ3) is 2.03. The maximum Gasteiger partial charge on any atom is 0.247 e. The van der Waals surface area contributed by atoms with Crippen LogP contribution in [0.25, 0.3) is 11.4 Å². The van der Waals surface area contributed by atoms with Gasteiger partial charge in [0.05, 0.1) is 11.9 Å². The van der Waals surface area contributed by atoms with E-state index in [1.54, 1.807) is 10.9 Å². The zero-order chi connectivity index (χ0) is 14.1. The third-order valence-corrected chi connectivity index (χ3v) is 3.66. The number of aromatic nitrogens is 4. The molecular weight excluding hydrogens is 254 g/mol. The largest absolute Gasteiger partial charge is 0.319 e. The minimum atomic E-state index is -0.247. The Kier molecular flexibility index (Phi) is 3.14. The minimum absolute atomic E-state index is 0.247. The summed E-state index contributed by atoms with van der Waals surface area (Å²) >= 11 is 0. The highest BCUT2D eigenvalue weighted by molar-refractivity contribution is 6.01. The fraction of sp³-hybridized carbons (Fsp3) is 0.357. The molecule has 1 aliphatic rings. The molecule has 0 atom stereocenters. The van der Waals surface area contributed by atoms with Gasteiger partial charge in [-0.15, -0.1) is 0 Å². The summed E-state index contributed by atoms with van der Waals surface area (Å²) in [6, 6.07) is 0. The minimum Gasteiger partial charge on any atom is -0.319 e. The SMILES string of the molecule is C=CC(=O)Nc1cnn(C)c1-c1n[nH]c2c1CCCC2. The standard InChI is InChI=1S/C14H17N5O/c1-3-12(20)16-11-8-15-19(2)14(11)13-9-6-4-5-7-10(9)17-18-13/h3,8H,1,4-7H2,2H3,(H,16,20)(H,17,18). The van der Waals surface area contributed by atoms with E-state index in [1.165, 1.54) is 30.2 Å². The molecule has 0 unspecified atom stereocenters. The van der Waals surface area contributed by atoms with Crippen LogP contribution >= 0.6 is 0 Å². The number of fused-ring (bicyclic) bond motifs is 1. The first-order valence-corrected chi connectivity index (χ1v) is 6.72. The van der Waals surface area contributed by atoms with Crippen molar-refractivity contribution in [3.05, 3.63) is 30.1 Å². The van der Waals surface area contributed by atoms with Gasteiger partial charge >= 0.3 is 0 Å². The van der Waals surface area contributed by atoms with Crippen molar-refractivity contribution in [3.63, 3.8) is 0 Å². The van der Waals surface area contributed by atoms with Gasteiger partial charge in [-0.2, -0.15) is 10.2 Å². The molecule has 104 valence electrons. The molecule has 2 heterocycles. The molecular formula is C14H17N5O. The highest BCUT2D eigenvalue weighted by atomic mass is 16.1. The maximum absolute atomic E-state index is 11.5. The first kappa shape index (κ1) is 12.7. The van der Waals surface area contributed by atoms with Crippen LogP contribution in [0.4, 0.5) is 5.69 Å². The van der Waals surface area contributed by atoms with E-state index in [-0.39, 0.29) is 5.91 Å². The van der Waals surface area contributed by atoms with E-state index < -0.39 is 0 Å². The average molecular weight is 271 g/mol. The summed E-state index contributed by atoms with van der Waals surface area (Å²) in [4.78, 5) is 11.5. The van der Waals surface area contributed by atoms with E-state index in [9.17, 15) is 4.79 Å². The average Bonchev–Trinajstić information content (AvgIpc) is 3.02. The number of hydrogen-bond acceptors (Lipinski definition) is 3. The normalized spacial score (nSPS) is 13.8. The number of H-pyrrole nitrogens is 1. The Hall–Kier alpha value is -2.37. The van der Waals surface area contributed by atoms with Crippen LogP contribution < -0.4 is 5.32 Å². The van der Waals surface area contributed by atoms with Gasteiger partial charge in [-0.1, -0.05) is 6.58 Å². The molecule has 2 aromatic rings. The number of anilines is 1. The van der Waals surface area contributed by atoms with Gasteiger partial charge in [-0.25, -0.2) is 0 Å². The summed E-state index contributed by atoms with van der Waals surface area (Å²) in [6.07, 6.45) is 7.30. The van der Waals surface area contributed by atoms with Crippen LogP contribution in [-0.4, -0.2) is 25.9 Å². The van der Waals surface area contributed by atoms with E-state index in [1.807, 2.05) is 7.05 Å². The molecule has 0 aliphatic heterocycles. The van der Waals surface area contributed by atoms with Crippen molar-refractivity contribution in [2.45, 2.75) is 25.7 Å². The fourth-order valence-corrected chi connectivity index (χ4v) is 2.67. The van der Waals surface area contributed by atoms with Crippen LogP contribution in [0.1, 0.15) is 24.1 Å². The topological polar surface area (TPSA) is 75.6 Å². The Balaban J connectivity index is 2.05. The second-order valence-corrected chi connectivity index (χ2v) is 4.96. The Labute approximate surface area is 116 Å². The zero-order valence-corrected chi connectivity index (χ0v) is 11.4. The first-order valence-electron chi connectivity index (χ1n) is 6.72. The van der Waals surface area contributed by atoms with Crippen molar-refractivity contribution in [2.24, 2.45) is 7.05 Å². The molecule has 0 fully saturated rings. The lowest BCUT2D eigenvalue weighted by Gasteiger charge is -2.12. The number of nitrogens with zero attached hydrogens (tertiary/aromatic N) is 3. The van der Waals surface area contributed by atoms with E-state index in [4.69, 9.17) is 0 Å². The molecule has 0 spiro atoms. The number of carbonyl (C=O) groups excluding carboxylic acids is 1. The Bertz CT molecular complexity index is 667. The molecule has 6 heteroatoms. The maximum atomic E-state index is 11.5. The lowest BCUT2D eigenvalue weighted by molar-refractivity contribution is -0.111. The van der Waals surface area contributed by atoms with Crippen molar-refractivity contribution in [1.82, 2.24) is 20.0 Å². The highest BCUT2D eigenvalue weighted by Crippen LogP contribution is 2.33. The number of rotatable bonds is 3. The molecule has 1 aliphatic carbocycles. The monoisotopic (exact) mass is 271 g/mol. The van der Waals surface area contributed by atoms with E-state index >= 15 is 0 Å². The molecule has 0 radical (unpaired) electrons. The van der Waals surface area contributed by atoms with Crippen molar-refractivity contribution in [2.75, 3.05) is 5.32 Å². The van der Waals surface area contributed by atoms with Crippen LogP contribution in [-0.2, 0) is 24.7 Å². The summed E-state index contributed by atoms with van der Waals surface area (Å²) in [7, 11) is 1.85. The van der Waals surface area contributed by atoms with E-state index in [2.05, 4.69) is 27.2 Å². The van der Waals surface area contributed by atoms with Gasteiger partial charge in [0, 0.05) is 18.3 Å². The first-order chi connectivity index (χ1) is 9.70. The van der Waals surface area contributed by atoms with Crippen molar-refractivity contribution >= 4 is 11.6 Å². The van der Waals surface area contributed by atoms with Crippen LogP contribution in [0.15, 0.2) is 18.9 Å². The lowest BCUT2D eigenvalue weighted by atomic mass is 9.95. The lowest BCUT2D eigenvalue weighted by Crippen LogP contribution is -2.09. The highest BCUT2D eigenvalue weighted by Gasteiger charge is 2.22. The molecule has 2 N–H and O–H groups in total. The van der Waals surface area contributed by atoms with Crippen molar-refractivity contribution in [3.8, 4) is 11.4 Å². The summed E-state index contributed by atoms with van der Waals surface area (Å²) in [5.41, 5.74) is 4.83. The molecule has 0 bridgehead atoms. The summed E-state index contributed by atoms with van der Waals surface area (Å²) in [5.74, 6) is -0.247. The van der Waals surface area contributed by atoms with Crippen LogP contribution in [0, 0.1) is 0 Å². The third-order valence-electron chi connectivity index (χ3n) is 3.66. The predicted molar refractivity (Wildman–Crippen MR) is 76.3 cm³/mol. The number of aryl methyl sites for hydroxylation is 2. The number of amides is 1. The van der Waals surface area contributed by atoms with E-state index in [0.717, 1.165) is 24.2 Å². The summed E-state index contributed by atoms with van der Waals surface area (Å²) in [6.45, 7) is 3.47. The Morgan fingerprint density at radius 1 is 1.50 bits per heavy atom. The van der Waals surface area contributed by atoms with Gasteiger partial charge < -0.3 is 5.32 Å². The molecule has 3 rings (SSSR count). The Morgan fingerprint density at radius 2 is 2.30 bits per heavy atom. The second-order valence-electron chi connectivity index (χ2n) is 4.96. The fourth-order valence-electron chi connectivity index (χ4n) is 2.67. The molecule has 0 saturated heterocycles. The quantitative estimate of drug-likeness (QED) is 0.836. The molecule has 1 amide bonds. The smallest absolute Gasteiger partial charge is 0.247 e. The van der Waals surface area contributed by atoms with Crippen molar-refractivity contribution < 1.29 is 4.79 Å². The van der Waals surface area contributed by atoms with Crippen molar-refractivity contribution in [1.29, 1.82) is 0 Å². The van der Waals surface area contributed by atoms with E-state index in [0.29, 0.717) is 5.69 Å².